The van der Waals surface area contributed by atoms with Crippen molar-refractivity contribution in [3.63, 3.8) is 0 Å². The molecule has 5 nitrogen and oxygen atoms in total. The molecule has 0 aromatic carbocycles. The zero-order valence-corrected chi connectivity index (χ0v) is 11.4. The summed E-state index contributed by atoms with van der Waals surface area (Å²) in [7, 11) is 0. The van der Waals surface area contributed by atoms with Crippen molar-refractivity contribution in [1.82, 2.24) is 14.9 Å². The number of aromatic nitrogens is 2. The van der Waals surface area contributed by atoms with E-state index < -0.39 is 5.97 Å². The molecule has 0 aliphatic heterocycles. The van der Waals surface area contributed by atoms with Gasteiger partial charge in [0.15, 0.2) is 0 Å². The van der Waals surface area contributed by atoms with Crippen LogP contribution in [0.4, 0.5) is 0 Å². The summed E-state index contributed by atoms with van der Waals surface area (Å²) in [6.45, 7) is 8.71. The van der Waals surface area contributed by atoms with Gasteiger partial charge in [-0.15, -0.1) is 0 Å². The lowest BCUT2D eigenvalue weighted by atomic mass is 10.1. The van der Waals surface area contributed by atoms with E-state index in [0.29, 0.717) is 0 Å². The van der Waals surface area contributed by atoms with Gasteiger partial charge in [-0.25, -0.2) is 0 Å². The van der Waals surface area contributed by atoms with Crippen molar-refractivity contribution >= 4 is 5.97 Å². The van der Waals surface area contributed by atoms with Crippen LogP contribution in [-0.4, -0.2) is 38.5 Å². The van der Waals surface area contributed by atoms with Crippen LogP contribution in [0.3, 0.4) is 0 Å². The number of carbonyl (C=O) groups is 1. The Morgan fingerprint density at radius 2 is 2.00 bits per heavy atom. The molecule has 0 spiro atoms. The topological polar surface area (TPSA) is 66.3 Å². The highest BCUT2D eigenvalue weighted by atomic mass is 16.4. The standard InChI is InChI=1S/C13H21N3O2/c1-5-16(9(2)8-12(17)18)11(4)13-10(3)14-6-7-15-13/h6-7,9,11H,5,8H2,1-4H3,(H,17,18). The Balaban J connectivity index is 2.88. The second-order valence-corrected chi connectivity index (χ2v) is 4.48. The highest BCUT2D eigenvalue weighted by molar-refractivity contribution is 5.67. The van der Waals surface area contributed by atoms with Gasteiger partial charge < -0.3 is 5.11 Å². The fourth-order valence-electron chi connectivity index (χ4n) is 2.32. The third kappa shape index (κ3) is 3.50. The molecule has 0 bridgehead atoms. The molecule has 0 fully saturated rings. The normalized spacial score (nSPS) is 14.5. The van der Waals surface area contributed by atoms with E-state index >= 15 is 0 Å². The minimum Gasteiger partial charge on any atom is -0.481 e. The maximum absolute atomic E-state index is 10.8. The van der Waals surface area contributed by atoms with E-state index in [2.05, 4.69) is 14.9 Å². The zero-order valence-electron chi connectivity index (χ0n) is 11.4. The first-order valence-electron chi connectivity index (χ1n) is 6.22. The summed E-state index contributed by atoms with van der Waals surface area (Å²) in [5, 5.41) is 8.88. The number of hydrogen-bond acceptors (Lipinski definition) is 4. The lowest BCUT2D eigenvalue weighted by Gasteiger charge is -2.32. The van der Waals surface area contributed by atoms with Crippen LogP contribution in [0.5, 0.6) is 0 Å². The van der Waals surface area contributed by atoms with Crippen LogP contribution >= 0.6 is 0 Å². The fraction of sp³-hybridized carbons (Fsp3) is 0.615. The van der Waals surface area contributed by atoms with E-state index in [1.54, 1.807) is 12.4 Å². The highest BCUT2D eigenvalue weighted by Gasteiger charge is 2.23. The third-order valence-corrected chi connectivity index (χ3v) is 3.21. The largest absolute Gasteiger partial charge is 0.481 e. The van der Waals surface area contributed by atoms with Crippen molar-refractivity contribution in [2.75, 3.05) is 6.54 Å². The molecule has 5 heteroatoms. The number of aryl methyl sites for hydroxylation is 1. The molecular formula is C13H21N3O2. The lowest BCUT2D eigenvalue weighted by Crippen LogP contribution is -2.37. The maximum Gasteiger partial charge on any atom is 0.304 e. The Morgan fingerprint density at radius 3 is 2.50 bits per heavy atom. The van der Waals surface area contributed by atoms with Gasteiger partial charge >= 0.3 is 5.97 Å². The van der Waals surface area contributed by atoms with Crippen molar-refractivity contribution in [3.8, 4) is 0 Å². The van der Waals surface area contributed by atoms with Crippen LogP contribution in [0, 0.1) is 6.92 Å². The minimum atomic E-state index is -0.774. The number of carboxylic acid groups (broad SMARTS) is 1. The van der Waals surface area contributed by atoms with Crippen LogP contribution in [0.25, 0.3) is 0 Å². The predicted molar refractivity (Wildman–Crippen MR) is 69.3 cm³/mol. The second kappa shape index (κ2) is 6.44. The average Bonchev–Trinajstić information content (AvgIpc) is 2.29. The van der Waals surface area contributed by atoms with E-state index in [1.165, 1.54) is 0 Å². The van der Waals surface area contributed by atoms with E-state index in [4.69, 9.17) is 5.11 Å². The zero-order chi connectivity index (χ0) is 13.7. The molecule has 0 saturated carbocycles. The smallest absolute Gasteiger partial charge is 0.304 e. The molecule has 1 heterocycles. The number of hydrogen-bond donors (Lipinski definition) is 1. The summed E-state index contributed by atoms with van der Waals surface area (Å²) >= 11 is 0. The Morgan fingerprint density at radius 1 is 1.39 bits per heavy atom. The fourth-order valence-corrected chi connectivity index (χ4v) is 2.32. The molecule has 2 atom stereocenters. The van der Waals surface area contributed by atoms with Crippen molar-refractivity contribution in [1.29, 1.82) is 0 Å². The van der Waals surface area contributed by atoms with Crippen molar-refractivity contribution in [2.45, 2.75) is 46.2 Å². The van der Waals surface area contributed by atoms with Crippen molar-refractivity contribution in [2.24, 2.45) is 0 Å². The Kier molecular flexibility index (Phi) is 5.22. The van der Waals surface area contributed by atoms with Crippen LogP contribution < -0.4 is 0 Å². The van der Waals surface area contributed by atoms with Crippen LogP contribution in [-0.2, 0) is 4.79 Å². The predicted octanol–water partition coefficient (Wildman–Crippen LogP) is 2.03. The van der Waals surface area contributed by atoms with Crippen LogP contribution in [0.2, 0.25) is 0 Å². The average molecular weight is 251 g/mol. The van der Waals surface area contributed by atoms with Gasteiger partial charge in [0.1, 0.15) is 0 Å². The molecule has 0 aliphatic carbocycles. The van der Waals surface area contributed by atoms with Crippen LogP contribution in [0.15, 0.2) is 12.4 Å². The molecule has 0 amide bonds. The van der Waals surface area contributed by atoms with E-state index in [1.807, 2.05) is 27.7 Å². The second-order valence-electron chi connectivity index (χ2n) is 4.48. The van der Waals surface area contributed by atoms with Crippen LogP contribution in [0.1, 0.15) is 44.6 Å². The number of nitrogens with zero attached hydrogens (tertiary/aromatic N) is 3. The van der Waals surface area contributed by atoms with Gasteiger partial charge in [0, 0.05) is 18.4 Å². The minimum absolute atomic E-state index is 0.0242. The molecule has 0 saturated heterocycles. The summed E-state index contributed by atoms with van der Waals surface area (Å²) < 4.78 is 0. The van der Waals surface area contributed by atoms with Gasteiger partial charge in [-0.05, 0) is 27.3 Å². The van der Waals surface area contributed by atoms with Gasteiger partial charge in [-0.2, -0.15) is 0 Å². The van der Waals surface area contributed by atoms with Crippen molar-refractivity contribution < 1.29 is 9.90 Å². The first-order chi connectivity index (χ1) is 8.47. The summed E-state index contributed by atoms with van der Waals surface area (Å²) in [6, 6.07) is 0.0435. The monoisotopic (exact) mass is 251 g/mol. The molecule has 1 rings (SSSR count). The highest BCUT2D eigenvalue weighted by Crippen LogP contribution is 2.23. The number of rotatable bonds is 6. The Bertz CT molecular complexity index is 409. The first kappa shape index (κ1) is 14.6. The molecule has 18 heavy (non-hydrogen) atoms. The molecule has 100 valence electrons. The number of carboxylic acids is 1. The SMILES string of the molecule is CCN(C(C)CC(=O)O)C(C)c1nccnc1C. The summed E-state index contributed by atoms with van der Waals surface area (Å²) in [4.78, 5) is 21.5. The molecular weight excluding hydrogens is 230 g/mol. The van der Waals surface area contributed by atoms with E-state index in [-0.39, 0.29) is 18.5 Å². The molecule has 1 N–H and O–H groups in total. The van der Waals surface area contributed by atoms with Gasteiger partial charge in [0.25, 0.3) is 0 Å². The quantitative estimate of drug-likeness (QED) is 0.838. The van der Waals surface area contributed by atoms with Gasteiger partial charge in [0.2, 0.25) is 0 Å². The van der Waals surface area contributed by atoms with E-state index in [0.717, 1.165) is 17.9 Å². The lowest BCUT2D eigenvalue weighted by molar-refractivity contribution is -0.138. The third-order valence-electron chi connectivity index (χ3n) is 3.21. The summed E-state index contributed by atoms with van der Waals surface area (Å²) in [5.41, 5.74) is 1.81. The maximum atomic E-state index is 10.8. The molecule has 2 unspecified atom stereocenters. The molecule has 0 radical (unpaired) electrons. The first-order valence-corrected chi connectivity index (χ1v) is 6.22. The van der Waals surface area contributed by atoms with Crippen molar-refractivity contribution in [3.05, 3.63) is 23.8 Å². The molecule has 1 aromatic heterocycles. The molecule has 0 aliphatic rings. The van der Waals surface area contributed by atoms with Gasteiger partial charge in [-0.1, -0.05) is 6.92 Å². The van der Waals surface area contributed by atoms with Gasteiger partial charge in [0.05, 0.1) is 23.9 Å². The van der Waals surface area contributed by atoms with E-state index in [9.17, 15) is 4.79 Å². The molecule has 1 aromatic rings. The summed E-state index contributed by atoms with van der Waals surface area (Å²) in [5.74, 6) is -0.774. The Labute approximate surface area is 108 Å². The summed E-state index contributed by atoms with van der Waals surface area (Å²) in [6.07, 6.45) is 3.48. The Hall–Kier alpha value is -1.49. The van der Waals surface area contributed by atoms with Gasteiger partial charge in [-0.3, -0.25) is 19.7 Å². The number of aliphatic carboxylic acids is 1.